The lowest BCUT2D eigenvalue weighted by molar-refractivity contribution is 0.607. The van der Waals surface area contributed by atoms with Crippen LogP contribution in [0.15, 0.2) is 46.9 Å². The van der Waals surface area contributed by atoms with E-state index in [0.717, 1.165) is 22.0 Å². The molecule has 112 valence electrons. The molecule has 7 heteroatoms. The molecule has 0 radical (unpaired) electrons. The monoisotopic (exact) mass is 388 g/mol. The normalized spacial score (nSPS) is 11.2. The first-order chi connectivity index (χ1) is 9.83. The maximum absolute atomic E-state index is 11.2. The quantitative estimate of drug-likeness (QED) is 0.810. The van der Waals surface area contributed by atoms with Gasteiger partial charge in [-0.3, -0.25) is 4.72 Å². The second kappa shape index (κ2) is 6.68. The van der Waals surface area contributed by atoms with E-state index in [1.165, 1.54) is 0 Å². The zero-order valence-corrected chi connectivity index (χ0v) is 14.4. The van der Waals surface area contributed by atoms with E-state index in [9.17, 15) is 8.42 Å². The number of nitrogens with one attached hydrogen (secondary N) is 2. The maximum atomic E-state index is 11.2. The highest BCUT2D eigenvalue weighted by Crippen LogP contribution is 2.23. The Hall–Kier alpha value is -1.24. The van der Waals surface area contributed by atoms with E-state index in [1.54, 1.807) is 18.2 Å². The van der Waals surface area contributed by atoms with Crippen LogP contribution in [0.5, 0.6) is 0 Å². The lowest BCUT2D eigenvalue weighted by Crippen LogP contribution is -2.09. The van der Waals surface area contributed by atoms with E-state index in [0.29, 0.717) is 17.3 Å². The second-order valence-electron chi connectivity index (χ2n) is 4.54. The number of benzene rings is 2. The minimum atomic E-state index is -3.28. The fourth-order valence-corrected chi connectivity index (χ4v) is 3.06. The van der Waals surface area contributed by atoms with Gasteiger partial charge in [-0.2, -0.15) is 0 Å². The van der Waals surface area contributed by atoms with Crippen LogP contribution in [0.25, 0.3) is 0 Å². The predicted octanol–water partition coefficient (Wildman–Crippen LogP) is 4.09. The van der Waals surface area contributed by atoms with Crippen molar-refractivity contribution in [2.75, 3.05) is 16.3 Å². The van der Waals surface area contributed by atoms with E-state index in [-0.39, 0.29) is 0 Å². The fraction of sp³-hybridized carbons (Fsp3) is 0.143. The predicted molar refractivity (Wildman–Crippen MR) is 91.4 cm³/mol. The first-order valence-corrected chi connectivity index (χ1v) is 9.15. The first-order valence-electron chi connectivity index (χ1n) is 6.09. The van der Waals surface area contributed by atoms with Gasteiger partial charge in [0.25, 0.3) is 0 Å². The van der Waals surface area contributed by atoms with Crippen molar-refractivity contribution in [2.24, 2.45) is 0 Å². The van der Waals surface area contributed by atoms with Crippen LogP contribution in [0, 0.1) is 0 Å². The molecule has 0 amide bonds. The van der Waals surface area contributed by atoms with Crippen LogP contribution in [-0.2, 0) is 16.6 Å². The zero-order valence-electron chi connectivity index (χ0n) is 11.2. The lowest BCUT2D eigenvalue weighted by Gasteiger charge is -2.10. The van der Waals surface area contributed by atoms with Gasteiger partial charge in [0.1, 0.15) is 0 Å². The summed E-state index contributed by atoms with van der Waals surface area (Å²) in [6, 6.07) is 12.7. The van der Waals surface area contributed by atoms with E-state index in [2.05, 4.69) is 26.0 Å². The molecule has 0 unspecified atom stereocenters. The molecule has 2 rings (SSSR count). The Kier molecular flexibility index (Phi) is 5.13. The molecule has 0 aromatic heterocycles. The summed E-state index contributed by atoms with van der Waals surface area (Å²) in [6.45, 7) is 0.550. The summed E-state index contributed by atoms with van der Waals surface area (Å²) >= 11 is 9.51. The number of halogens is 2. The highest BCUT2D eigenvalue weighted by atomic mass is 79.9. The number of sulfonamides is 1. The van der Waals surface area contributed by atoms with Crippen LogP contribution in [0.2, 0.25) is 5.02 Å². The van der Waals surface area contributed by atoms with Gasteiger partial charge in [0.15, 0.2) is 0 Å². The fourth-order valence-electron chi connectivity index (χ4n) is 1.77. The summed E-state index contributed by atoms with van der Waals surface area (Å²) in [5.41, 5.74) is 2.29. The van der Waals surface area contributed by atoms with Gasteiger partial charge in [-0.05, 0) is 35.9 Å². The van der Waals surface area contributed by atoms with Crippen molar-refractivity contribution in [1.82, 2.24) is 0 Å². The van der Waals surface area contributed by atoms with E-state index in [4.69, 9.17) is 11.6 Å². The zero-order chi connectivity index (χ0) is 15.5. The largest absolute Gasteiger partial charge is 0.381 e. The van der Waals surface area contributed by atoms with Gasteiger partial charge in [-0.25, -0.2) is 8.42 Å². The molecule has 0 atom stereocenters. The summed E-state index contributed by atoms with van der Waals surface area (Å²) < 4.78 is 25.8. The van der Waals surface area contributed by atoms with E-state index >= 15 is 0 Å². The van der Waals surface area contributed by atoms with Gasteiger partial charge in [0, 0.05) is 21.7 Å². The Morgan fingerprint density at radius 1 is 1.14 bits per heavy atom. The van der Waals surface area contributed by atoms with Crippen molar-refractivity contribution in [1.29, 1.82) is 0 Å². The third-order valence-electron chi connectivity index (χ3n) is 2.66. The molecule has 0 saturated carbocycles. The molecule has 2 aromatic carbocycles. The van der Waals surface area contributed by atoms with Gasteiger partial charge >= 0.3 is 0 Å². The van der Waals surface area contributed by atoms with Gasteiger partial charge < -0.3 is 5.32 Å². The minimum absolute atomic E-state index is 0.518. The van der Waals surface area contributed by atoms with Crippen LogP contribution in [-0.4, -0.2) is 14.7 Å². The minimum Gasteiger partial charge on any atom is -0.381 e. The van der Waals surface area contributed by atoms with Crippen LogP contribution < -0.4 is 10.0 Å². The number of rotatable bonds is 5. The number of hydrogen-bond donors (Lipinski definition) is 2. The summed E-state index contributed by atoms with van der Waals surface area (Å²) in [6.07, 6.45) is 1.12. The van der Waals surface area contributed by atoms with Crippen molar-refractivity contribution >= 4 is 48.9 Å². The molecule has 21 heavy (non-hydrogen) atoms. The Balaban J connectivity index is 2.08. The van der Waals surface area contributed by atoms with Gasteiger partial charge in [0.05, 0.1) is 11.9 Å². The third kappa shape index (κ3) is 5.22. The Morgan fingerprint density at radius 3 is 2.52 bits per heavy atom. The summed E-state index contributed by atoms with van der Waals surface area (Å²) in [7, 11) is -3.28. The SMILES string of the molecule is CS(=O)(=O)Nc1cccc(NCc2ccc(Br)cc2Cl)c1. The van der Waals surface area contributed by atoms with Gasteiger partial charge in [-0.1, -0.05) is 39.7 Å². The second-order valence-corrected chi connectivity index (χ2v) is 7.62. The Bertz CT molecular complexity index is 750. The average Bonchev–Trinajstić information content (AvgIpc) is 2.36. The topological polar surface area (TPSA) is 58.2 Å². The van der Waals surface area contributed by atoms with Crippen LogP contribution in [0.4, 0.5) is 11.4 Å². The lowest BCUT2D eigenvalue weighted by atomic mass is 10.2. The number of anilines is 2. The van der Waals surface area contributed by atoms with Crippen molar-refractivity contribution in [3.63, 3.8) is 0 Å². The standard InChI is InChI=1S/C14H14BrClN2O2S/c1-21(19,20)18-13-4-2-3-12(8-13)17-9-10-5-6-11(15)7-14(10)16/h2-8,17-18H,9H2,1H3. The molecule has 0 aliphatic rings. The molecule has 0 aliphatic carbocycles. The van der Waals surface area contributed by atoms with Crippen LogP contribution >= 0.6 is 27.5 Å². The molecule has 4 nitrogen and oxygen atoms in total. The molecular weight excluding hydrogens is 376 g/mol. The summed E-state index contributed by atoms with van der Waals surface area (Å²) in [4.78, 5) is 0. The first kappa shape index (κ1) is 16.1. The molecular formula is C14H14BrClN2O2S. The van der Waals surface area contributed by atoms with Crippen LogP contribution in [0.1, 0.15) is 5.56 Å². The van der Waals surface area contributed by atoms with Gasteiger partial charge in [0.2, 0.25) is 10.0 Å². The van der Waals surface area contributed by atoms with E-state index in [1.807, 2.05) is 24.3 Å². The molecule has 0 fully saturated rings. The van der Waals surface area contributed by atoms with Crippen molar-refractivity contribution in [3.8, 4) is 0 Å². The molecule has 0 bridgehead atoms. The highest BCUT2D eigenvalue weighted by Gasteiger charge is 2.04. The smallest absolute Gasteiger partial charge is 0.229 e. The molecule has 0 aliphatic heterocycles. The maximum Gasteiger partial charge on any atom is 0.229 e. The van der Waals surface area contributed by atoms with Crippen molar-refractivity contribution < 1.29 is 8.42 Å². The van der Waals surface area contributed by atoms with Gasteiger partial charge in [-0.15, -0.1) is 0 Å². The van der Waals surface area contributed by atoms with Crippen molar-refractivity contribution in [3.05, 3.63) is 57.5 Å². The molecule has 2 aromatic rings. The average molecular weight is 390 g/mol. The number of hydrogen-bond acceptors (Lipinski definition) is 3. The summed E-state index contributed by atoms with van der Waals surface area (Å²) in [5, 5.41) is 3.88. The highest BCUT2D eigenvalue weighted by molar-refractivity contribution is 9.10. The third-order valence-corrected chi connectivity index (χ3v) is 4.12. The summed E-state index contributed by atoms with van der Waals surface area (Å²) in [5.74, 6) is 0. The van der Waals surface area contributed by atoms with Crippen LogP contribution in [0.3, 0.4) is 0 Å². The molecule has 2 N–H and O–H groups in total. The van der Waals surface area contributed by atoms with Crippen molar-refractivity contribution in [2.45, 2.75) is 6.54 Å². The molecule has 0 spiro atoms. The Labute approximate surface area is 137 Å². The molecule has 0 heterocycles. The molecule has 0 saturated heterocycles. The van der Waals surface area contributed by atoms with E-state index < -0.39 is 10.0 Å². The Morgan fingerprint density at radius 2 is 1.86 bits per heavy atom.